The summed E-state index contributed by atoms with van der Waals surface area (Å²) in [7, 11) is 0. The summed E-state index contributed by atoms with van der Waals surface area (Å²) < 4.78 is 20.1. The van der Waals surface area contributed by atoms with Crippen molar-refractivity contribution >= 4 is 27.3 Å². The molecule has 0 fully saturated rings. The van der Waals surface area contributed by atoms with Gasteiger partial charge in [-0.05, 0) is 46.4 Å². The van der Waals surface area contributed by atoms with Crippen molar-refractivity contribution in [3.63, 3.8) is 0 Å². The molecule has 2 aromatic rings. The Bertz CT molecular complexity index is 540. The number of aliphatic hydroxyl groups excluding tert-OH is 1. The van der Waals surface area contributed by atoms with Crippen molar-refractivity contribution in [1.29, 1.82) is 0 Å². The lowest BCUT2D eigenvalue weighted by molar-refractivity contribution is 0.194. The highest BCUT2D eigenvalue weighted by molar-refractivity contribution is 9.10. The van der Waals surface area contributed by atoms with Crippen LogP contribution in [0.3, 0.4) is 0 Å². The second-order valence-corrected chi connectivity index (χ2v) is 5.69. The van der Waals surface area contributed by atoms with E-state index in [4.69, 9.17) is 4.74 Å². The first-order chi connectivity index (χ1) is 8.58. The predicted molar refractivity (Wildman–Crippen MR) is 73.4 cm³/mol. The van der Waals surface area contributed by atoms with Gasteiger partial charge in [0.2, 0.25) is 0 Å². The van der Waals surface area contributed by atoms with Crippen molar-refractivity contribution in [3.8, 4) is 5.75 Å². The fourth-order valence-electron chi connectivity index (χ4n) is 1.51. The lowest BCUT2D eigenvalue weighted by atomic mass is 10.1. The van der Waals surface area contributed by atoms with E-state index in [9.17, 15) is 9.50 Å². The molecule has 0 aliphatic heterocycles. The number of rotatable bonds is 4. The maximum Gasteiger partial charge on any atom is 0.132 e. The summed E-state index contributed by atoms with van der Waals surface area (Å²) in [4.78, 5) is 1.05. The lowest BCUT2D eigenvalue weighted by Crippen LogP contribution is -1.98. The summed E-state index contributed by atoms with van der Waals surface area (Å²) >= 11 is 4.98. The molecule has 0 saturated heterocycles. The third-order valence-corrected chi connectivity index (χ3v) is 4.38. The number of ether oxygens (including phenoxy) is 1. The molecule has 2 rings (SSSR count). The molecule has 0 bridgehead atoms. The third kappa shape index (κ3) is 3.10. The molecule has 1 aromatic heterocycles. The highest BCUT2D eigenvalue weighted by Crippen LogP contribution is 2.26. The van der Waals surface area contributed by atoms with Crippen molar-refractivity contribution in [2.75, 3.05) is 0 Å². The molecule has 1 aromatic carbocycles. The Morgan fingerprint density at radius 1 is 1.44 bits per heavy atom. The van der Waals surface area contributed by atoms with Crippen LogP contribution in [0.25, 0.3) is 0 Å². The highest BCUT2D eigenvalue weighted by Gasteiger charge is 2.09. The van der Waals surface area contributed by atoms with E-state index in [-0.39, 0.29) is 5.56 Å². The molecule has 0 aliphatic carbocycles. The zero-order valence-corrected chi connectivity index (χ0v) is 12.1. The number of halogens is 2. The van der Waals surface area contributed by atoms with Gasteiger partial charge >= 0.3 is 0 Å². The molecule has 1 heterocycles. The standard InChI is InChI=1S/C13H12BrFO2S/c1-8(16)10-3-2-9(6-12(10)15)17-7-13-11(14)4-5-18-13/h2-6,8,16H,7H2,1H3/t8-/m1/s1. The first kappa shape index (κ1) is 13.5. The topological polar surface area (TPSA) is 29.5 Å². The van der Waals surface area contributed by atoms with Crippen molar-refractivity contribution in [3.05, 3.63) is 50.4 Å². The van der Waals surface area contributed by atoms with Gasteiger partial charge in [-0.15, -0.1) is 11.3 Å². The van der Waals surface area contributed by atoms with Gasteiger partial charge in [0.15, 0.2) is 0 Å². The summed E-state index contributed by atoms with van der Waals surface area (Å²) in [5.41, 5.74) is 0.277. The monoisotopic (exact) mass is 330 g/mol. The third-order valence-electron chi connectivity index (χ3n) is 2.48. The molecule has 96 valence electrons. The first-order valence-corrected chi connectivity index (χ1v) is 7.07. The second kappa shape index (κ2) is 5.82. The Balaban J connectivity index is 2.07. The zero-order chi connectivity index (χ0) is 13.1. The van der Waals surface area contributed by atoms with Gasteiger partial charge < -0.3 is 9.84 Å². The van der Waals surface area contributed by atoms with E-state index in [1.54, 1.807) is 23.5 Å². The second-order valence-electron chi connectivity index (χ2n) is 3.84. The van der Waals surface area contributed by atoms with Crippen molar-refractivity contribution in [1.82, 2.24) is 0 Å². The van der Waals surface area contributed by atoms with Gasteiger partial charge in [0, 0.05) is 16.1 Å². The molecule has 1 atom stereocenters. The molecule has 1 N–H and O–H groups in total. The Hall–Kier alpha value is -0.910. The molecule has 0 radical (unpaired) electrons. The number of thiophene rings is 1. The molecule has 18 heavy (non-hydrogen) atoms. The average molecular weight is 331 g/mol. The number of benzene rings is 1. The van der Waals surface area contributed by atoms with E-state index in [1.807, 2.05) is 11.4 Å². The number of hydrogen-bond acceptors (Lipinski definition) is 3. The fourth-order valence-corrected chi connectivity index (χ4v) is 2.89. The van der Waals surface area contributed by atoms with Crippen molar-refractivity contribution in [2.45, 2.75) is 19.6 Å². The minimum atomic E-state index is -0.814. The molecular formula is C13H12BrFO2S. The van der Waals surface area contributed by atoms with Crippen LogP contribution in [-0.4, -0.2) is 5.11 Å². The van der Waals surface area contributed by atoms with Gasteiger partial charge in [-0.25, -0.2) is 4.39 Å². The summed E-state index contributed by atoms with van der Waals surface area (Å²) in [6, 6.07) is 6.44. The Morgan fingerprint density at radius 2 is 2.22 bits per heavy atom. The summed E-state index contributed by atoms with van der Waals surface area (Å²) in [6.45, 7) is 1.92. The molecule has 2 nitrogen and oxygen atoms in total. The normalized spacial score (nSPS) is 12.4. The van der Waals surface area contributed by atoms with Gasteiger partial charge in [-0.3, -0.25) is 0 Å². The Labute approximate surface area is 117 Å². The van der Waals surface area contributed by atoms with Crippen LogP contribution in [0.15, 0.2) is 34.1 Å². The molecule has 0 unspecified atom stereocenters. The van der Waals surface area contributed by atoms with E-state index in [0.717, 1.165) is 9.35 Å². The van der Waals surface area contributed by atoms with Gasteiger partial charge in [0.1, 0.15) is 18.2 Å². The van der Waals surface area contributed by atoms with Crippen LogP contribution >= 0.6 is 27.3 Å². The van der Waals surface area contributed by atoms with Crippen LogP contribution in [0.5, 0.6) is 5.75 Å². The van der Waals surface area contributed by atoms with Crippen LogP contribution in [0.2, 0.25) is 0 Å². The molecule has 0 spiro atoms. The highest BCUT2D eigenvalue weighted by atomic mass is 79.9. The largest absolute Gasteiger partial charge is 0.488 e. The van der Waals surface area contributed by atoms with Gasteiger partial charge in [0.05, 0.1) is 11.0 Å². The minimum Gasteiger partial charge on any atom is -0.488 e. The van der Waals surface area contributed by atoms with Crippen LogP contribution in [-0.2, 0) is 6.61 Å². The van der Waals surface area contributed by atoms with E-state index in [2.05, 4.69) is 15.9 Å². The molecule has 0 saturated carbocycles. The van der Waals surface area contributed by atoms with Crippen LogP contribution in [0.1, 0.15) is 23.5 Å². The summed E-state index contributed by atoms with van der Waals surface area (Å²) in [5.74, 6) is 0.00458. The maximum absolute atomic E-state index is 13.6. The van der Waals surface area contributed by atoms with Gasteiger partial charge in [-0.2, -0.15) is 0 Å². The van der Waals surface area contributed by atoms with E-state index >= 15 is 0 Å². The van der Waals surface area contributed by atoms with Crippen LogP contribution < -0.4 is 4.74 Å². The molecule has 0 aliphatic rings. The predicted octanol–water partition coefficient (Wildman–Crippen LogP) is 4.28. The van der Waals surface area contributed by atoms with E-state index in [0.29, 0.717) is 12.4 Å². The Kier molecular flexibility index (Phi) is 4.37. The minimum absolute atomic E-state index is 0.277. The van der Waals surface area contributed by atoms with Gasteiger partial charge in [-0.1, -0.05) is 0 Å². The van der Waals surface area contributed by atoms with Crippen molar-refractivity contribution < 1.29 is 14.2 Å². The van der Waals surface area contributed by atoms with Crippen LogP contribution in [0, 0.1) is 5.82 Å². The summed E-state index contributed by atoms with van der Waals surface area (Å²) in [6.07, 6.45) is -0.814. The van der Waals surface area contributed by atoms with Crippen LogP contribution in [0.4, 0.5) is 4.39 Å². The average Bonchev–Trinajstić information content (AvgIpc) is 2.72. The zero-order valence-electron chi connectivity index (χ0n) is 9.69. The first-order valence-electron chi connectivity index (χ1n) is 5.40. The lowest BCUT2D eigenvalue weighted by Gasteiger charge is -2.09. The van der Waals surface area contributed by atoms with E-state index < -0.39 is 11.9 Å². The summed E-state index contributed by atoms with van der Waals surface area (Å²) in [5, 5.41) is 11.3. The van der Waals surface area contributed by atoms with E-state index in [1.165, 1.54) is 13.0 Å². The van der Waals surface area contributed by atoms with Crippen molar-refractivity contribution in [2.24, 2.45) is 0 Å². The molecular weight excluding hydrogens is 319 g/mol. The fraction of sp³-hybridized carbons (Fsp3) is 0.231. The number of aliphatic hydroxyl groups is 1. The smallest absolute Gasteiger partial charge is 0.132 e. The Morgan fingerprint density at radius 3 is 2.78 bits per heavy atom. The molecule has 0 amide bonds. The quantitative estimate of drug-likeness (QED) is 0.906. The molecule has 5 heteroatoms. The number of hydrogen-bond donors (Lipinski definition) is 1. The SMILES string of the molecule is C[C@@H](O)c1ccc(OCc2sccc2Br)cc1F. The van der Waals surface area contributed by atoms with Gasteiger partial charge in [0.25, 0.3) is 0 Å². The maximum atomic E-state index is 13.6.